The molecule has 1 aromatic carbocycles. The minimum atomic E-state index is -0.792. The molecule has 0 aromatic heterocycles. The van der Waals surface area contributed by atoms with Gasteiger partial charge in [-0.15, -0.1) is 0 Å². The summed E-state index contributed by atoms with van der Waals surface area (Å²) in [5, 5.41) is 13.0. The largest absolute Gasteiger partial charge is 0.465 e. The van der Waals surface area contributed by atoms with E-state index >= 15 is 0 Å². The molecule has 0 aliphatic carbocycles. The maximum atomic E-state index is 11.4. The lowest BCUT2D eigenvalue weighted by Gasteiger charge is -2.48. The molecule has 3 aliphatic rings. The normalized spacial score (nSPS) is 28.9. The summed E-state index contributed by atoms with van der Waals surface area (Å²) in [5.74, 6) is 0.291. The average molecular weight is 315 g/mol. The maximum Gasteiger partial charge on any atom is 0.407 e. The molecule has 3 atom stereocenters. The van der Waals surface area contributed by atoms with Crippen molar-refractivity contribution in [3.63, 3.8) is 0 Å². The van der Waals surface area contributed by atoms with Crippen LogP contribution < -0.4 is 10.2 Å². The van der Waals surface area contributed by atoms with E-state index in [2.05, 4.69) is 49.2 Å². The molecule has 0 bridgehead atoms. The number of nitrogens with zero attached hydrogens (tertiary/aromatic N) is 2. The van der Waals surface area contributed by atoms with E-state index in [4.69, 9.17) is 0 Å². The predicted octanol–water partition coefficient (Wildman–Crippen LogP) is 3.18. The highest BCUT2D eigenvalue weighted by atomic mass is 16.4. The number of hydrogen-bond acceptors (Lipinski definition) is 3. The molecular formula is C18H25N3O2. The van der Waals surface area contributed by atoms with E-state index in [9.17, 15) is 9.90 Å². The molecular weight excluding hydrogens is 290 g/mol. The average Bonchev–Trinajstić information content (AvgIpc) is 2.83. The Morgan fingerprint density at radius 3 is 2.83 bits per heavy atom. The van der Waals surface area contributed by atoms with E-state index in [1.54, 1.807) is 4.90 Å². The summed E-state index contributed by atoms with van der Waals surface area (Å²) < 4.78 is 0. The van der Waals surface area contributed by atoms with Gasteiger partial charge in [-0.1, -0.05) is 32.9 Å². The summed E-state index contributed by atoms with van der Waals surface area (Å²) in [6.07, 6.45) is 0.123. The Balaban J connectivity index is 1.79. The molecule has 0 spiro atoms. The van der Waals surface area contributed by atoms with E-state index in [-0.39, 0.29) is 5.41 Å². The second-order valence-electron chi connectivity index (χ2n) is 8.10. The number of para-hydroxylation sites is 1. The van der Waals surface area contributed by atoms with Crippen LogP contribution >= 0.6 is 0 Å². The summed E-state index contributed by atoms with van der Waals surface area (Å²) in [7, 11) is 0. The summed E-state index contributed by atoms with van der Waals surface area (Å²) in [6.45, 7) is 9.10. The second kappa shape index (κ2) is 4.79. The van der Waals surface area contributed by atoms with Crippen LogP contribution in [0.1, 0.15) is 38.7 Å². The number of carboxylic acid groups (broad SMARTS) is 1. The van der Waals surface area contributed by atoms with Gasteiger partial charge in [-0.3, -0.25) is 0 Å². The van der Waals surface area contributed by atoms with Gasteiger partial charge in [0.15, 0.2) is 0 Å². The number of rotatable bonds is 0. The Bertz CT molecular complexity index is 652. The fraction of sp³-hybridized carbons (Fsp3) is 0.611. The molecule has 1 amide bonds. The van der Waals surface area contributed by atoms with Crippen LogP contribution in [0.15, 0.2) is 18.2 Å². The fourth-order valence-electron chi connectivity index (χ4n) is 4.62. The quantitative estimate of drug-likeness (QED) is 0.772. The van der Waals surface area contributed by atoms with Crippen molar-refractivity contribution in [3.05, 3.63) is 23.8 Å². The summed E-state index contributed by atoms with van der Waals surface area (Å²) in [4.78, 5) is 15.6. The minimum Gasteiger partial charge on any atom is -0.465 e. The van der Waals surface area contributed by atoms with Gasteiger partial charge in [0, 0.05) is 31.6 Å². The first kappa shape index (κ1) is 14.7. The van der Waals surface area contributed by atoms with Crippen molar-refractivity contribution in [2.24, 2.45) is 5.41 Å². The smallest absolute Gasteiger partial charge is 0.407 e. The molecule has 124 valence electrons. The highest BCUT2D eigenvalue weighted by Gasteiger charge is 2.49. The van der Waals surface area contributed by atoms with Crippen LogP contribution in [0.25, 0.3) is 0 Å². The SMILES string of the molecule is CC(C)(C)C1CNc2cccc3c2N1C1CCN(C(=O)O)CC31. The van der Waals surface area contributed by atoms with Gasteiger partial charge in [-0.05, 0) is 23.5 Å². The topological polar surface area (TPSA) is 55.8 Å². The Morgan fingerprint density at radius 2 is 2.13 bits per heavy atom. The third-order valence-electron chi connectivity index (χ3n) is 5.75. The number of amides is 1. The van der Waals surface area contributed by atoms with Crippen LogP contribution in [-0.2, 0) is 0 Å². The standard InChI is InChI=1S/C18H25N3O2/c1-18(2,3)15-9-19-13-6-4-5-11-12-10-20(17(22)23)8-7-14(12)21(15)16(11)13/h4-6,12,14-15,19H,7-10H2,1-3H3,(H,22,23). The van der Waals surface area contributed by atoms with Gasteiger partial charge in [0.1, 0.15) is 0 Å². The monoisotopic (exact) mass is 315 g/mol. The molecule has 1 saturated heterocycles. The van der Waals surface area contributed by atoms with E-state index in [0.29, 0.717) is 31.1 Å². The highest BCUT2D eigenvalue weighted by molar-refractivity contribution is 5.81. The fourth-order valence-corrected chi connectivity index (χ4v) is 4.62. The van der Waals surface area contributed by atoms with Crippen molar-refractivity contribution in [2.45, 2.75) is 45.2 Å². The molecule has 1 aromatic rings. The van der Waals surface area contributed by atoms with Crippen LogP contribution in [0.2, 0.25) is 0 Å². The zero-order valence-electron chi connectivity index (χ0n) is 14.0. The first-order valence-corrected chi connectivity index (χ1v) is 8.51. The molecule has 2 N–H and O–H groups in total. The van der Waals surface area contributed by atoms with Gasteiger partial charge in [0.2, 0.25) is 0 Å². The van der Waals surface area contributed by atoms with Gasteiger partial charge in [0.05, 0.1) is 17.4 Å². The lowest BCUT2D eigenvalue weighted by molar-refractivity contribution is 0.124. The predicted molar refractivity (Wildman–Crippen MR) is 91.4 cm³/mol. The third-order valence-corrected chi connectivity index (χ3v) is 5.75. The van der Waals surface area contributed by atoms with Crippen molar-refractivity contribution in [1.82, 2.24) is 4.90 Å². The summed E-state index contributed by atoms with van der Waals surface area (Å²) in [5.41, 5.74) is 4.02. The molecule has 0 saturated carbocycles. The molecule has 1 fully saturated rings. The molecule has 23 heavy (non-hydrogen) atoms. The van der Waals surface area contributed by atoms with Crippen molar-refractivity contribution >= 4 is 17.5 Å². The summed E-state index contributed by atoms with van der Waals surface area (Å²) in [6, 6.07) is 7.29. The molecule has 3 aliphatic heterocycles. The maximum absolute atomic E-state index is 11.4. The Kier molecular flexibility index (Phi) is 3.06. The molecule has 5 heteroatoms. The van der Waals surface area contributed by atoms with Crippen LogP contribution in [0.4, 0.5) is 16.2 Å². The van der Waals surface area contributed by atoms with E-state index in [1.165, 1.54) is 16.9 Å². The number of nitrogens with one attached hydrogen (secondary N) is 1. The number of carbonyl (C=O) groups is 1. The van der Waals surface area contributed by atoms with E-state index in [0.717, 1.165) is 13.0 Å². The molecule has 5 nitrogen and oxygen atoms in total. The molecule has 0 radical (unpaired) electrons. The first-order valence-electron chi connectivity index (χ1n) is 8.51. The zero-order chi connectivity index (χ0) is 16.4. The van der Waals surface area contributed by atoms with Crippen molar-refractivity contribution in [2.75, 3.05) is 29.9 Å². The third kappa shape index (κ3) is 2.09. The van der Waals surface area contributed by atoms with Gasteiger partial charge < -0.3 is 20.2 Å². The van der Waals surface area contributed by atoms with Gasteiger partial charge in [0.25, 0.3) is 0 Å². The van der Waals surface area contributed by atoms with E-state index in [1.807, 2.05) is 0 Å². The van der Waals surface area contributed by atoms with Gasteiger partial charge in [-0.25, -0.2) is 4.79 Å². The zero-order valence-corrected chi connectivity index (χ0v) is 14.0. The second-order valence-corrected chi connectivity index (χ2v) is 8.10. The Labute approximate surface area is 137 Å². The van der Waals surface area contributed by atoms with Crippen LogP contribution in [0.5, 0.6) is 0 Å². The number of fused-ring (bicyclic) bond motifs is 3. The molecule has 4 rings (SSSR count). The van der Waals surface area contributed by atoms with Gasteiger partial charge >= 0.3 is 6.09 Å². The number of piperidine rings is 1. The lowest BCUT2D eigenvalue weighted by atomic mass is 9.83. The van der Waals surface area contributed by atoms with Crippen molar-refractivity contribution in [3.8, 4) is 0 Å². The van der Waals surface area contributed by atoms with Crippen molar-refractivity contribution < 1.29 is 9.90 Å². The number of anilines is 2. The lowest BCUT2D eigenvalue weighted by Crippen LogP contribution is -2.57. The highest BCUT2D eigenvalue weighted by Crippen LogP contribution is 2.52. The first-order chi connectivity index (χ1) is 10.9. The van der Waals surface area contributed by atoms with Crippen LogP contribution in [0, 0.1) is 5.41 Å². The Morgan fingerprint density at radius 1 is 1.35 bits per heavy atom. The van der Waals surface area contributed by atoms with Crippen LogP contribution in [-0.4, -0.2) is 47.8 Å². The molecule has 3 heterocycles. The van der Waals surface area contributed by atoms with E-state index < -0.39 is 6.09 Å². The number of hydrogen-bond donors (Lipinski definition) is 2. The summed E-state index contributed by atoms with van der Waals surface area (Å²) >= 11 is 0. The molecule has 3 unspecified atom stereocenters. The minimum absolute atomic E-state index is 0.177. The Hall–Kier alpha value is -1.91. The van der Waals surface area contributed by atoms with Gasteiger partial charge in [-0.2, -0.15) is 0 Å². The van der Waals surface area contributed by atoms with Crippen LogP contribution in [0.3, 0.4) is 0 Å². The van der Waals surface area contributed by atoms with Crippen molar-refractivity contribution in [1.29, 1.82) is 0 Å². The number of benzene rings is 1. The number of likely N-dealkylation sites (tertiary alicyclic amines) is 1.